The summed E-state index contributed by atoms with van der Waals surface area (Å²) in [5.74, 6) is -1.21. The van der Waals surface area contributed by atoms with Crippen molar-refractivity contribution in [1.29, 1.82) is 0 Å². The second-order valence-corrected chi connectivity index (χ2v) is 14.7. The minimum Gasteiger partial charge on any atom is -0.496 e. The van der Waals surface area contributed by atoms with Gasteiger partial charge < -0.3 is 9.84 Å². The molecule has 0 radical (unpaired) electrons. The number of benzene rings is 3. The third-order valence-corrected chi connectivity index (χ3v) is 11.7. The molecule has 17 heteroatoms. The normalized spacial score (nSPS) is 25.5. The van der Waals surface area contributed by atoms with Crippen molar-refractivity contribution < 1.29 is 62.6 Å². The molecule has 3 atom stereocenters. The molecule has 0 amide bonds. The summed E-state index contributed by atoms with van der Waals surface area (Å²) in [7, 11) is -3.31. The van der Waals surface area contributed by atoms with E-state index in [1.807, 2.05) is 0 Å². The summed E-state index contributed by atoms with van der Waals surface area (Å²) in [6, 6.07) is 4.63. The predicted molar refractivity (Wildman–Crippen MR) is 165 cm³/mol. The Bertz CT molecular complexity index is 1910. The molecule has 6 rings (SSSR count). The van der Waals surface area contributed by atoms with E-state index in [2.05, 4.69) is 4.72 Å². The number of ether oxygens (including phenoxy) is 1. The van der Waals surface area contributed by atoms with Crippen LogP contribution in [0.25, 0.3) is 11.1 Å². The highest BCUT2D eigenvalue weighted by molar-refractivity contribution is 7.87. The Hall–Kier alpha value is -3.83. The molecule has 2 N–H and O–H groups in total. The fraction of sp³-hybridized carbons (Fsp3) is 0.441. The molecule has 0 spiro atoms. The van der Waals surface area contributed by atoms with Crippen molar-refractivity contribution in [3.63, 3.8) is 0 Å². The van der Waals surface area contributed by atoms with Crippen molar-refractivity contribution in [1.82, 2.24) is 9.03 Å². The lowest BCUT2D eigenvalue weighted by molar-refractivity contribution is -0.144. The van der Waals surface area contributed by atoms with E-state index < -0.39 is 81.0 Å². The van der Waals surface area contributed by atoms with Gasteiger partial charge in [0.15, 0.2) is 0 Å². The Morgan fingerprint density at radius 1 is 0.745 bits per heavy atom. The van der Waals surface area contributed by atoms with Gasteiger partial charge in [-0.2, -0.15) is 57.0 Å². The van der Waals surface area contributed by atoms with Crippen molar-refractivity contribution in [2.45, 2.75) is 81.1 Å². The molecule has 3 aliphatic rings. The van der Waals surface area contributed by atoms with Crippen LogP contribution in [0.3, 0.4) is 0 Å². The molecule has 3 aromatic carbocycles. The highest BCUT2D eigenvalue weighted by Crippen LogP contribution is 2.52. The number of nitrogens with one attached hydrogen (secondary N) is 1. The molecule has 2 saturated heterocycles. The van der Waals surface area contributed by atoms with E-state index in [9.17, 15) is 57.8 Å². The number of nitrogens with zero attached hydrogens (tertiary/aromatic N) is 1. The molecule has 1 saturated carbocycles. The van der Waals surface area contributed by atoms with Crippen LogP contribution in [-0.4, -0.2) is 37.0 Å². The zero-order chi connectivity index (χ0) is 37.3. The zero-order valence-corrected chi connectivity index (χ0v) is 27.5. The maximum atomic E-state index is 14.1. The number of carboxylic acids is 1. The Morgan fingerprint density at radius 3 is 1.90 bits per heavy atom. The van der Waals surface area contributed by atoms with Crippen molar-refractivity contribution in [3.8, 4) is 16.9 Å². The number of carboxylic acid groups (broad SMARTS) is 1. The van der Waals surface area contributed by atoms with Gasteiger partial charge in [-0.25, -0.2) is 0 Å². The Labute approximate surface area is 286 Å². The van der Waals surface area contributed by atoms with Gasteiger partial charge in [-0.3, -0.25) is 4.79 Å². The van der Waals surface area contributed by atoms with Crippen molar-refractivity contribution in [2.24, 2.45) is 5.92 Å². The second kappa shape index (κ2) is 13.0. The van der Waals surface area contributed by atoms with Crippen LogP contribution in [0.15, 0.2) is 54.6 Å². The summed E-state index contributed by atoms with van der Waals surface area (Å²) in [4.78, 5) is 11.5. The molecule has 2 aliphatic heterocycles. The Kier molecular flexibility index (Phi) is 9.41. The lowest BCUT2D eigenvalue weighted by Crippen LogP contribution is -2.33. The first-order valence-corrected chi connectivity index (χ1v) is 17.4. The van der Waals surface area contributed by atoms with Gasteiger partial charge in [0.05, 0.1) is 41.8 Å². The molecule has 0 unspecified atom stereocenters. The lowest BCUT2D eigenvalue weighted by atomic mass is 9.78. The van der Waals surface area contributed by atoms with E-state index in [0.29, 0.717) is 43.4 Å². The molecule has 276 valence electrons. The van der Waals surface area contributed by atoms with E-state index in [1.165, 1.54) is 13.2 Å². The van der Waals surface area contributed by atoms with E-state index >= 15 is 0 Å². The number of alkyl halides is 9. The van der Waals surface area contributed by atoms with Gasteiger partial charge in [-0.05, 0) is 109 Å². The van der Waals surface area contributed by atoms with E-state index in [4.69, 9.17) is 4.74 Å². The average molecular weight is 751 g/mol. The summed E-state index contributed by atoms with van der Waals surface area (Å²) < 4.78 is 160. The minimum atomic E-state index is -5.19. The second-order valence-electron chi connectivity index (χ2n) is 13.1. The van der Waals surface area contributed by atoms with E-state index in [0.717, 1.165) is 22.0 Å². The fourth-order valence-corrected chi connectivity index (χ4v) is 9.51. The summed E-state index contributed by atoms with van der Waals surface area (Å²) >= 11 is 0. The monoisotopic (exact) mass is 750 g/mol. The molecule has 51 heavy (non-hydrogen) atoms. The maximum absolute atomic E-state index is 14.1. The summed E-state index contributed by atoms with van der Waals surface area (Å²) in [6.07, 6.45) is -13.5. The molecular formula is C34H31F9N2O5S. The minimum absolute atomic E-state index is 0.0722. The van der Waals surface area contributed by atoms with Crippen LogP contribution >= 0.6 is 0 Å². The van der Waals surface area contributed by atoms with Crippen molar-refractivity contribution in [2.75, 3.05) is 7.11 Å². The molecule has 2 heterocycles. The van der Waals surface area contributed by atoms with Gasteiger partial charge in [-0.1, -0.05) is 12.1 Å². The van der Waals surface area contributed by atoms with Gasteiger partial charge >= 0.3 is 24.5 Å². The molecule has 0 bridgehead atoms. The zero-order valence-electron chi connectivity index (χ0n) is 26.7. The van der Waals surface area contributed by atoms with Crippen LogP contribution in [0.4, 0.5) is 39.5 Å². The third kappa shape index (κ3) is 7.16. The molecule has 7 nitrogen and oxygen atoms in total. The van der Waals surface area contributed by atoms with Crippen LogP contribution in [-0.2, 0) is 33.5 Å². The van der Waals surface area contributed by atoms with Crippen LogP contribution in [0.2, 0.25) is 0 Å². The van der Waals surface area contributed by atoms with Gasteiger partial charge in [0.1, 0.15) is 5.75 Å². The molecule has 3 aromatic rings. The molecule has 0 aromatic heterocycles. The van der Waals surface area contributed by atoms with Crippen LogP contribution in [0, 0.1) is 5.92 Å². The number of hydrogen-bond acceptors (Lipinski definition) is 4. The molecule has 1 aliphatic carbocycles. The fourth-order valence-electron chi connectivity index (χ4n) is 7.64. The standard InChI is InChI=1S/C34H31F9N2O5S/c1-50-29-11-6-19(17-2-4-18(5-3-17)31(46)47)14-26(29)24-8-7-21(32(35,36)37)16-25(24)27-9-10-28-30(44-51(48,49)45(27)28)20-12-22(33(38,39)40)15-23(13-20)34(41,42)43/h6-8,11-18,27-28,30,44H,2-5,9-10H2,1H3,(H,46,47)/t17?,18?,27-,28-,30+/m0/s1. The number of fused-ring (bicyclic) bond motifs is 1. The SMILES string of the molecule is COc1ccc(C2CCC(C(=O)O)CC2)cc1-c1ccc(C(F)(F)F)cc1[C@@H]1CC[C@H]2[C@@H](c3cc(C(F)(F)F)cc(C(F)(F)F)c3)NS(=O)(=O)N12. The summed E-state index contributed by atoms with van der Waals surface area (Å²) in [5, 5.41) is 9.40. The van der Waals surface area contributed by atoms with Crippen LogP contribution < -0.4 is 9.46 Å². The maximum Gasteiger partial charge on any atom is 0.416 e. The predicted octanol–water partition coefficient (Wildman–Crippen LogP) is 8.87. The van der Waals surface area contributed by atoms with Crippen molar-refractivity contribution in [3.05, 3.63) is 88.0 Å². The summed E-state index contributed by atoms with van der Waals surface area (Å²) in [5.41, 5.74) is -3.76. The highest BCUT2D eigenvalue weighted by Gasteiger charge is 2.54. The number of carbonyl (C=O) groups is 1. The van der Waals surface area contributed by atoms with E-state index in [-0.39, 0.29) is 41.7 Å². The highest BCUT2D eigenvalue weighted by atomic mass is 32.2. The Morgan fingerprint density at radius 2 is 1.35 bits per heavy atom. The summed E-state index contributed by atoms with van der Waals surface area (Å²) in [6.45, 7) is 0. The van der Waals surface area contributed by atoms with E-state index in [1.54, 1.807) is 18.2 Å². The number of methoxy groups -OCH3 is 1. The smallest absolute Gasteiger partial charge is 0.416 e. The third-order valence-electron chi connectivity index (χ3n) is 10.1. The lowest BCUT2D eigenvalue weighted by Gasteiger charge is -2.28. The topological polar surface area (TPSA) is 95.9 Å². The number of aliphatic carboxylic acids is 1. The van der Waals surface area contributed by atoms with Crippen LogP contribution in [0.5, 0.6) is 5.75 Å². The Balaban J connectivity index is 1.44. The molecule has 3 fully saturated rings. The van der Waals surface area contributed by atoms with Crippen molar-refractivity contribution >= 4 is 16.2 Å². The van der Waals surface area contributed by atoms with Gasteiger partial charge in [0, 0.05) is 11.6 Å². The van der Waals surface area contributed by atoms with Crippen LogP contribution in [0.1, 0.15) is 89.9 Å². The largest absolute Gasteiger partial charge is 0.496 e. The molecular weight excluding hydrogens is 719 g/mol. The quantitative estimate of drug-likeness (QED) is 0.246. The first kappa shape index (κ1) is 36.9. The first-order chi connectivity index (χ1) is 23.7. The first-order valence-electron chi connectivity index (χ1n) is 15.9. The number of hydrogen-bond donors (Lipinski definition) is 2. The van der Waals surface area contributed by atoms with Gasteiger partial charge in [-0.15, -0.1) is 0 Å². The average Bonchev–Trinajstić information content (AvgIpc) is 3.62. The van der Waals surface area contributed by atoms with Gasteiger partial charge in [0.25, 0.3) is 10.2 Å². The number of halogens is 9. The van der Waals surface area contributed by atoms with Gasteiger partial charge in [0.2, 0.25) is 0 Å². The number of rotatable bonds is 6.